The Morgan fingerprint density at radius 3 is 3.21 bits per heavy atom. The first-order valence-corrected chi connectivity index (χ1v) is 5.21. The maximum Gasteiger partial charge on any atom is 0.0959 e. The molecule has 0 aromatic carbocycles. The number of hydrogen-bond donors (Lipinski definition) is 1. The second-order valence-electron chi connectivity index (χ2n) is 4.08. The molecule has 0 saturated heterocycles. The highest BCUT2D eigenvalue weighted by Gasteiger charge is 2.32. The van der Waals surface area contributed by atoms with Crippen LogP contribution >= 0.6 is 0 Å². The lowest BCUT2D eigenvalue weighted by molar-refractivity contribution is 0.187. The number of aliphatic hydroxyl groups is 1. The van der Waals surface area contributed by atoms with Crippen LogP contribution in [0.3, 0.4) is 0 Å². The molecule has 2 aliphatic carbocycles. The summed E-state index contributed by atoms with van der Waals surface area (Å²) in [4.78, 5) is 4.52. The first-order valence-electron chi connectivity index (χ1n) is 5.21. The molecule has 1 heterocycles. The van der Waals surface area contributed by atoms with Gasteiger partial charge in [-0.1, -0.05) is 18.2 Å². The molecule has 72 valence electrons. The van der Waals surface area contributed by atoms with Gasteiger partial charge in [-0.05, 0) is 30.9 Å². The first-order chi connectivity index (χ1) is 6.86. The van der Waals surface area contributed by atoms with E-state index in [0.717, 1.165) is 30.7 Å². The van der Waals surface area contributed by atoms with E-state index in [1.807, 2.05) is 6.08 Å². The average Bonchev–Trinajstić information content (AvgIpc) is 2.59. The molecule has 2 atom stereocenters. The largest absolute Gasteiger partial charge is 0.387 e. The van der Waals surface area contributed by atoms with Crippen molar-refractivity contribution in [3.63, 3.8) is 0 Å². The lowest BCUT2D eigenvalue weighted by Gasteiger charge is -2.21. The van der Waals surface area contributed by atoms with Crippen molar-refractivity contribution in [2.45, 2.75) is 25.4 Å². The fourth-order valence-electron chi connectivity index (χ4n) is 2.50. The van der Waals surface area contributed by atoms with Crippen LogP contribution in [-0.2, 0) is 0 Å². The van der Waals surface area contributed by atoms with E-state index in [0.29, 0.717) is 5.92 Å². The monoisotopic (exact) mass is 187 g/mol. The van der Waals surface area contributed by atoms with Crippen molar-refractivity contribution < 1.29 is 5.11 Å². The summed E-state index contributed by atoms with van der Waals surface area (Å²) in [7, 11) is 0. The summed E-state index contributed by atoms with van der Waals surface area (Å²) < 4.78 is 0. The maximum atomic E-state index is 9.81. The summed E-state index contributed by atoms with van der Waals surface area (Å²) in [5.41, 5.74) is 3.41. The minimum atomic E-state index is -0.321. The molecule has 0 spiro atoms. The first kappa shape index (κ1) is 8.18. The van der Waals surface area contributed by atoms with Crippen molar-refractivity contribution >= 4 is 5.71 Å². The summed E-state index contributed by atoms with van der Waals surface area (Å²) in [6.45, 7) is 0. The molecule has 0 unspecified atom stereocenters. The van der Waals surface area contributed by atoms with Gasteiger partial charge in [0.05, 0.1) is 17.5 Å². The molecule has 0 aromatic rings. The molecular weight excluding hydrogens is 174 g/mol. The molecule has 0 saturated carbocycles. The van der Waals surface area contributed by atoms with Gasteiger partial charge in [-0.25, -0.2) is 0 Å². The van der Waals surface area contributed by atoms with Crippen LogP contribution in [0.25, 0.3) is 0 Å². The minimum absolute atomic E-state index is 0.321. The number of nitrogens with zero attached hydrogens (tertiary/aromatic N) is 1. The van der Waals surface area contributed by atoms with E-state index in [1.165, 1.54) is 5.57 Å². The van der Waals surface area contributed by atoms with Crippen LogP contribution in [0.2, 0.25) is 0 Å². The molecule has 3 aliphatic rings. The van der Waals surface area contributed by atoms with Crippen molar-refractivity contribution in [1.29, 1.82) is 0 Å². The van der Waals surface area contributed by atoms with E-state index in [-0.39, 0.29) is 6.10 Å². The molecule has 14 heavy (non-hydrogen) atoms. The second-order valence-corrected chi connectivity index (χ2v) is 4.08. The zero-order chi connectivity index (χ0) is 9.54. The Morgan fingerprint density at radius 2 is 2.29 bits per heavy atom. The lowest BCUT2D eigenvalue weighted by atomic mass is 9.84. The van der Waals surface area contributed by atoms with Gasteiger partial charge in [0, 0.05) is 5.92 Å². The van der Waals surface area contributed by atoms with Crippen molar-refractivity contribution in [2.24, 2.45) is 10.9 Å². The smallest absolute Gasteiger partial charge is 0.0959 e. The standard InChI is InChI=1S/C12H13NO/c14-11-7-3-5-9-8-4-1-2-6-10(8)13-12(9)11/h1-2,4,6,8,11,14H,3,5,7H2/t8-,11+/m0/s1. The molecule has 0 radical (unpaired) electrons. The van der Waals surface area contributed by atoms with Crippen LogP contribution < -0.4 is 0 Å². The van der Waals surface area contributed by atoms with Crippen LogP contribution in [0, 0.1) is 5.92 Å². The summed E-state index contributed by atoms with van der Waals surface area (Å²) in [6.07, 6.45) is 11.1. The Bertz CT molecular complexity index is 387. The molecule has 1 aliphatic heterocycles. The Morgan fingerprint density at radius 1 is 1.36 bits per heavy atom. The highest BCUT2D eigenvalue weighted by atomic mass is 16.3. The number of aliphatic imine (C=N–C) groups is 1. The van der Waals surface area contributed by atoms with E-state index in [2.05, 4.69) is 23.2 Å². The summed E-state index contributed by atoms with van der Waals surface area (Å²) >= 11 is 0. The predicted octanol–water partition coefficient (Wildman–Crippen LogP) is 1.98. The number of hydrogen-bond acceptors (Lipinski definition) is 2. The van der Waals surface area contributed by atoms with Gasteiger partial charge in [0.1, 0.15) is 0 Å². The van der Waals surface area contributed by atoms with Gasteiger partial charge in [-0.3, -0.25) is 4.99 Å². The topological polar surface area (TPSA) is 32.6 Å². The number of fused-ring (bicyclic) bond motifs is 2. The van der Waals surface area contributed by atoms with E-state index in [9.17, 15) is 5.11 Å². The van der Waals surface area contributed by atoms with Gasteiger partial charge in [-0.15, -0.1) is 0 Å². The van der Waals surface area contributed by atoms with Crippen LogP contribution in [0.15, 0.2) is 40.6 Å². The van der Waals surface area contributed by atoms with Gasteiger partial charge >= 0.3 is 0 Å². The normalized spacial score (nSPS) is 34.2. The molecule has 2 heteroatoms. The van der Waals surface area contributed by atoms with Gasteiger partial charge in [0.2, 0.25) is 0 Å². The Kier molecular flexibility index (Phi) is 1.71. The number of aliphatic hydroxyl groups excluding tert-OH is 1. The van der Waals surface area contributed by atoms with Crippen LogP contribution in [-0.4, -0.2) is 16.9 Å². The predicted molar refractivity (Wildman–Crippen MR) is 56.1 cm³/mol. The molecule has 0 amide bonds. The fraction of sp³-hybridized carbons (Fsp3) is 0.417. The SMILES string of the molecule is O[C@@H]1CCCC2=C1N=C1C=CC=C[C@H]12. The zero-order valence-corrected chi connectivity index (χ0v) is 7.98. The Balaban J connectivity index is 2.05. The number of rotatable bonds is 0. The summed E-state index contributed by atoms with van der Waals surface area (Å²) in [5, 5.41) is 9.81. The van der Waals surface area contributed by atoms with Crippen molar-refractivity contribution in [1.82, 2.24) is 0 Å². The van der Waals surface area contributed by atoms with Crippen LogP contribution in [0.5, 0.6) is 0 Å². The molecule has 0 aromatic heterocycles. The Labute approximate surface area is 83.4 Å². The molecule has 1 N–H and O–H groups in total. The fourth-order valence-corrected chi connectivity index (χ4v) is 2.50. The van der Waals surface area contributed by atoms with Gasteiger partial charge in [0.15, 0.2) is 0 Å². The quantitative estimate of drug-likeness (QED) is 0.618. The van der Waals surface area contributed by atoms with Crippen molar-refractivity contribution in [2.75, 3.05) is 0 Å². The summed E-state index contributed by atoms with van der Waals surface area (Å²) in [5.74, 6) is 0.366. The average molecular weight is 187 g/mol. The summed E-state index contributed by atoms with van der Waals surface area (Å²) in [6, 6.07) is 0. The molecule has 0 bridgehead atoms. The van der Waals surface area contributed by atoms with Crippen LogP contribution in [0.1, 0.15) is 19.3 Å². The maximum absolute atomic E-state index is 9.81. The highest BCUT2D eigenvalue weighted by Crippen LogP contribution is 2.38. The van der Waals surface area contributed by atoms with Crippen molar-refractivity contribution in [3.8, 4) is 0 Å². The molecular formula is C12H13NO. The highest BCUT2D eigenvalue weighted by molar-refractivity contribution is 6.03. The molecule has 3 rings (SSSR count). The molecule has 2 nitrogen and oxygen atoms in total. The lowest BCUT2D eigenvalue weighted by Crippen LogP contribution is -2.17. The van der Waals surface area contributed by atoms with Gasteiger partial charge in [0.25, 0.3) is 0 Å². The third-order valence-electron chi connectivity index (χ3n) is 3.19. The molecule has 0 fully saturated rings. The third kappa shape index (κ3) is 1.04. The van der Waals surface area contributed by atoms with E-state index in [1.54, 1.807) is 0 Å². The number of allylic oxidation sites excluding steroid dienone is 5. The minimum Gasteiger partial charge on any atom is -0.387 e. The second kappa shape index (κ2) is 2.92. The van der Waals surface area contributed by atoms with Gasteiger partial charge < -0.3 is 5.11 Å². The third-order valence-corrected chi connectivity index (χ3v) is 3.19. The Hall–Kier alpha value is -1.15. The van der Waals surface area contributed by atoms with Crippen molar-refractivity contribution in [3.05, 3.63) is 35.6 Å². The zero-order valence-electron chi connectivity index (χ0n) is 7.98. The van der Waals surface area contributed by atoms with Gasteiger partial charge in [-0.2, -0.15) is 0 Å². The van der Waals surface area contributed by atoms with E-state index >= 15 is 0 Å². The van der Waals surface area contributed by atoms with E-state index in [4.69, 9.17) is 0 Å². The van der Waals surface area contributed by atoms with Crippen LogP contribution in [0.4, 0.5) is 0 Å². The van der Waals surface area contributed by atoms with E-state index < -0.39 is 0 Å².